The molecule has 0 spiro atoms. The highest BCUT2D eigenvalue weighted by atomic mass is 16.8. The van der Waals surface area contributed by atoms with Gasteiger partial charge in [-0.2, -0.15) is 0 Å². The van der Waals surface area contributed by atoms with Crippen molar-refractivity contribution in [1.29, 1.82) is 0 Å². The van der Waals surface area contributed by atoms with Crippen molar-refractivity contribution >= 4 is 0 Å². The Bertz CT molecular complexity index is 328. The molecule has 1 aromatic carbocycles. The fourth-order valence-electron chi connectivity index (χ4n) is 1.51. The molecule has 0 aromatic heterocycles. The van der Waals surface area contributed by atoms with E-state index < -0.39 is 18.9 Å². The first-order valence-corrected chi connectivity index (χ1v) is 6.36. The van der Waals surface area contributed by atoms with Gasteiger partial charge in [0.15, 0.2) is 18.9 Å². The zero-order chi connectivity index (χ0) is 14.1. The van der Waals surface area contributed by atoms with E-state index in [0.29, 0.717) is 13.2 Å². The van der Waals surface area contributed by atoms with Gasteiger partial charge in [-0.3, -0.25) is 0 Å². The third kappa shape index (κ3) is 7.79. The molecule has 0 amide bonds. The molecule has 0 saturated carbocycles. The molecule has 0 fully saturated rings. The van der Waals surface area contributed by atoms with E-state index in [0.717, 1.165) is 5.75 Å². The second-order valence-corrected chi connectivity index (χ2v) is 4.04. The lowest BCUT2D eigenvalue weighted by atomic mass is 10.3. The largest absolute Gasteiger partial charge is 0.491 e. The van der Waals surface area contributed by atoms with Crippen LogP contribution in [0.1, 0.15) is 20.8 Å². The van der Waals surface area contributed by atoms with Gasteiger partial charge in [0.1, 0.15) is 12.4 Å². The van der Waals surface area contributed by atoms with Gasteiger partial charge in [-0.05, 0) is 32.9 Å². The van der Waals surface area contributed by atoms with Crippen LogP contribution in [0.4, 0.5) is 0 Å². The Morgan fingerprint density at radius 2 is 1.63 bits per heavy atom. The SMILES string of the molecule is CC(O)OC(C)OC(C)OCCOc1ccccc1. The van der Waals surface area contributed by atoms with E-state index in [1.807, 2.05) is 30.3 Å². The molecular formula is C14H22O5. The molecule has 108 valence electrons. The summed E-state index contributed by atoms with van der Waals surface area (Å²) < 4.78 is 21.3. The van der Waals surface area contributed by atoms with Crippen molar-refractivity contribution in [2.24, 2.45) is 0 Å². The van der Waals surface area contributed by atoms with Gasteiger partial charge in [0.2, 0.25) is 0 Å². The zero-order valence-corrected chi connectivity index (χ0v) is 11.6. The predicted molar refractivity (Wildman–Crippen MR) is 70.7 cm³/mol. The third-order valence-electron chi connectivity index (χ3n) is 2.22. The van der Waals surface area contributed by atoms with Gasteiger partial charge >= 0.3 is 0 Å². The minimum Gasteiger partial charge on any atom is -0.491 e. The number of para-hydroxylation sites is 1. The van der Waals surface area contributed by atoms with Gasteiger partial charge in [0.05, 0.1) is 6.61 Å². The monoisotopic (exact) mass is 270 g/mol. The zero-order valence-electron chi connectivity index (χ0n) is 11.6. The summed E-state index contributed by atoms with van der Waals surface area (Å²) in [5.41, 5.74) is 0. The van der Waals surface area contributed by atoms with E-state index >= 15 is 0 Å². The topological polar surface area (TPSA) is 57.2 Å². The maximum atomic E-state index is 9.01. The van der Waals surface area contributed by atoms with E-state index in [1.165, 1.54) is 6.92 Å². The van der Waals surface area contributed by atoms with Gasteiger partial charge < -0.3 is 24.1 Å². The Kier molecular flexibility index (Phi) is 7.43. The average molecular weight is 270 g/mol. The first-order chi connectivity index (χ1) is 9.08. The lowest BCUT2D eigenvalue weighted by Gasteiger charge is -2.20. The Balaban J connectivity index is 2.08. The van der Waals surface area contributed by atoms with Gasteiger partial charge in [0.25, 0.3) is 0 Å². The van der Waals surface area contributed by atoms with Crippen LogP contribution < -0.4 is 4.74 Å². The van der Waals surface area contributed by atoms with Crippen LogP contribution in [0.2, 0.25) is 0 Å². The summed E-state index contributed by atoms with van der Waals surface area (Å²) in [6, 6.07) is 9.54. The van der Waals surface area contributed by atoms with Gasteiger partial charge in [0, 0.05) is 0 Å². The van der Waals surface area contributed by atoms with Crippen LogP contribution in [0.5, 0.6) is 5.75 Å². The molecule has 0 saturated heterocycles. The lowest BCUT2D eigenvalue weighted by molar-refractivity contribution is -0.270. The molecular weight excluding hydrogens is 248 g/mol. The third-order valence-corrected chi connectivity index (χ3v) is 2.22. The molecule has 0 aliphatic rings. The smallest absolute Gasteiger partial charge is 0.161 e. The van der Waals surface area contributed by atoms with Crippen LogP contribution in [-0.2, 0) is 14.2 Å². The van der Waals surface area contributed by atoms with E-state index in [4.69, 9.17) is 24.1 Å². The summed E-state index contributed by atoms with van der Waals surface area (Å²) in [6.45, 7) is 5.86. The molecule has 1 N–H and O–H groups in total. The summed E-state index contributed by atoms with van der Waals surface area (Å²) in [5, 5.41) is 9.01. The van der Waals surface area contributed by atoms with Gasteiger partial charge in [-0.25, -0.2) is 0 Å². The second-order valence-electron chi connectivity index (χ2n) is 4.04. The van der Waals surface area contributed by atoms with Crippen LogP contribution in [0.15, 0.2) is 30.3 Å². The molecule has 1 aromatic rings. The minimum atomic E-state index is -0.858. The number of hydrogen-bond donors (Lipinski definition) is 1. The van der Waals surface area contributed by atoms with Crippen molar-refractivity contribution in [3.63, 3.8) is 0 Å². The molecule has 5 heteroatoms. The number of aliphatic hydroxyl groups is 1. The highest BCUT2D eigenvalue weighted by molar-refractivity contribution is 5.20. The molecule has 0 radical (unpaired) electrons. The predicted octanol–water partition coefficient (Wildman–Crippen LogP) is 2.15. The highest BCUT2D eigenvalue weighted by Crippen LogP contribution is 2.08. The van der Waals surface area contributed by atoms with Crippen molar-refractivity contribution in [2.45, 2.75) is 39.6 Å². The number of hydrogen-bond acceptors (Lipinski definition) is 5. The first kappa shape index (κ1) is 15.9. The van der Waals surface area contributed by atoms with Crippen LogP contribution in [0, 0.1) is 0 Å². The number of aliphatic hydroxyl groups excluding tert-OH is 1. The molecule has 3 unspecified atom stereocenters. The standard InChI is InChI=1S/C14H22O5/c1-11(15)18-13(3)19-12(2)16-9-10-17-14-7-5-4-6-8-14/h4-8,11-13,15H,9-10H2,1-3H3. The maximum absolute atomic E-state index is 9.01. The Morgan fingerprint density at radius 1 is 0.947 bits per heavy atom. The van der Waals surface area contributed by atoms with Gasteiger partial charge in [-0.15, -0.1) is 0 Å². The molecule has 5 nitrogen and oxygen atoms in total. The fraction of sp³-hybridized carbons (Fsp3) is 0.571. The number of rotatable bonds is 9. The molecule has 0 aliphatic carbocycles. The summed E-state index contributed by atoms with van der Waals surface area (Å²) in [6.07, 6.45) is -1.80. The molecule has 0 heterocycles. The van der Waals surface area contributed by atoms with E-state index in [1.54, 1.807) is 13.8 Å². The first-order valence-electron chi connectivity index (χ1n) is 6.36. The molecule has 1 rings (SSSR count). The second kappa shape index (κ2) is 8.87. The summed E-state index contributed by atoms with van der Waals surface area (Å²) in [4.78, 5) is 0. The van der Waals surface area contributed by atoms with Crippen molar-refractivity contribution < 1.29 is 24.1 Å². The van der Waals surface area contributed by atoms with Crippen LogP contribution in [-0.4, -0.2) is 37.2 Å². The van der Waals surface area contributed by atoms with Crippen molar-refractivity contribution in [3.8, 4) is 5.75 Å². The van der Waals surface area contributed by atoms with E-state index in [-0.39, 0.29) is 0 Å². The highest BCUT2D eigenvalue weighted by Gasteiger charge is 2.11. The minimum absolute atomic E-state index is 0.414. The lowest BCUT2D eigenvalue weighted by Crippen LogP contribution is -2.26. The Labute approximate surface area is 114 Å². The Morgan fingerprint density at radius 3 is 2.26 bits per heavy atom. The molecule has 0 bridgehead atoms. The van der Waals surface area contributed by atoms with Crippen LogP contribution >= 0.6 is 0 Å². The molecule has 19 heavy (non-hydrogen) atoms. The average Bonchev–Trinajstić information content (AvgIpc) is 2.35. The summed E-state index contributed by atoms with van der Waals surface area (Å²) in [5.74, 6) is 0.811. The molecule has 0 aliphatic heterocycles. The number of ether oxygens (including phenoxy) is 4. The normalized spacial score (nSPS) is 15.8. The quantitative estimate of drug-likeness (QED) is 0.550. The van der Waals surface area contributed by atoms with E-state index in [2.05, 4.69) is 0 Å². The van der Waals surface area contributed by atoms with Gasteiger partial charge in [-0.1, -0.05) is 18.2 Å². The van der Waals surface area contributed by atoms with Crippen LogP contribution in [0.3, 0.4) is 0 Å². The maximum Gasteiger partial charge on any atom is 0.161 e. The van der Waals surface area contributed by atoms with Crippen molar-refractivity contribution in [2.75, 3.05) is 13.2 Å². The van der Waals surface area contributed by atoms with Crippen molar-refractivity contribution in [1.82, 2.24) is 0 Å². The number of benzene rings is 1. The van der Waals surface area contributed by atoms with Crippen LogP contribution in [0.25, 0.3) is 0 Å². The Hall–Kier alpha value is -1.14. The summed E-state index contributed by atoms with van der Waals surface area (Å²) in [7, 11) is 0. The van der Waals surface area contributed by atoms with E-state index in [9.17, 15) is 0 Å². The molecule has 3 atom stereocenters. The summed E-state index contributed by atoms with van der Waals surface area (Å²) >= 11 is 0. The van der Waals surface area contributed by atoms with Crippen molar-refractivity contribution in [3.05, 3.63) is 30.3 Å². The fourth-order valence-corrected chi connectivity index (χ4v) is 1.51.